The van der Waals surface area contributed by atoms with Crippen LogP contribution in [0.15, 0.2) is 58.3 Å². The molecule has 0 spiro atoms. The summed E-state index contributed by atoms with van der Waals surface area (Å²) in [5, 5.41) is 3.43. The van der Waals surface area contributed by atoms with Crippen LogP contribution in [0.5, 0.6) is 0 Å². The minimum Gasteiger partial charge on any atom is -0.465 e. The third kappa shape index (κ3) is 2.87. The fourth-order valence-electron chi connectivity index (χ4n) is 1.38. The first-order chi connectivity index (χ1) is 8.79. The maximum atomic E-state index is 11.8. The number of carbonyl (C=O) groups is 1. The van der Waals surface area contributed by atoms with Gasteiger partial charge in [-0.1, -0.05) is 29.4 Å². The first-order valence-electron chi connectivity index (χ1n) is 5.20. The number of carbonyl (C=O) groups excluding carboxylic acids is 1. The lowest BCUT2D eigenvalue weighted by Crippen LogP contribution is -1.92. The Morgan fingerprint density at radius 2 is 2.06 bits per heavy atom. The highest BCUT2D eigenvalue weighted by molar-refractivity contribution is 6.06. The zero-order valence-electron chi connectivity index (χ0n) is 9.35. The molecule has 0 saturated heterocycles. The fraction of sp³-hybridized carbons (Fsp3) is 0. The maximum Gasteiger partial charge on any atom is 0.185 e. The second kappa shape index (κ2) is 5.52. The Morgan fingerprint density at radius 3 is 2.67 bits per heavy atom. The van der Waals surface area contributed by atoms with E-state index in [2.05, 4.69) is 10.0 Å². The van der Waals surface area contributed by atoms with Gasteiger partial charge in [-0.25, -0.2) is 0 Å². The van der Waals surface area contributed by atoms with E-state index >= 15 is 0 Å². The lowest BCUT2D eigenvalue weighted by molar-refractivity contribution is 0.104. The average Bonchev–Trinajstić information content (AvgIpc) is 2.90. The summed E-state index contributed by atoms with van der Waals surface area (Å²) in [5.41, 5.74) is 9.26. The third-order valence-corrected chi connectivity index (χ3v) is 2.25. The molecule has 0 fully saturated rings. The van der Waals surface area contributed by atoms with Gasteiger partial charge in [0, 0.05) is 16.2 Å². The molecule has 0 aliphatic heterocycles. The summed E-state index contributed by atoms with van der Waals surface area (Å²) in [6.07, 6.45) is 4.57. The van der Waals surface area contributed by atoms with Crippen LogP contribution in [0.1, 0.15) is 16.1 Å². The van der Waals surface area contributed by atoms with E-state index in [4.69, 9.17) is 9.95 Å². The van der Waals surface area contributed by atoms with E-state index in [0.717, 1.165) is 0 Å². The third-order valence-electron chi connectivity index (χ3n) is 2.25. The second-order valence-electron chi connectivity index (χ2n) is 3.45. The minimum atomic E-state index is -0.140. The van der Waals surface area contributed by atoms with Gasteiger partial charge in [0.25, 0.3) is 0 Å². The summed E-state index contributed by atoms with van der Waals surface area (Å²) in [6, 6.07) is 9.91. The molecule has 2 aromatic rings. The molecule has 2 rings (SSSR count). The first-order valence-corrected chi connectivity index (χ1v) is 5.20. The van der Waals surface area contributed by atoms with E-state index < -0.39 is 0 Å². The number of hydrogen-bond acceptors (Lipinski definition) is 3. The van der Waals surface area contributed by atoms with Crippen LogP contribution in [0, 0.1) is 0 Å². The number of ketones is 1. The van der Waals surface area contributed by atoms with Crippen molar-refractivity contribution in [3.8, 4) is 0 Å². The Morgan fingerprint density at radius 1 is 1.28 bits per heavy atom. The van der Waals surface area contributed by atoms with E-state index in [1.165, 1.54) is 6.08 Å². The molecule has 0 unspecified atom stereocenters. The summed E-state index contributed by atoms with van der Waals surface area (Å²) in [6.45, 7) is 0. The van der Waals surface area contributed by atoms with Gasteiger partial charge >= 0.3 is 0 Å². The summed E-state index contributed by atoms with van der Waals surface area (Å²) in [5.74, 6) is 0.480. The largest absolute Gasteiger partial charge is 0.465 e. The van der Waals surface area contributed by atoms with E-state index in [0.29, 0.717) is 17.0 Å². The molecule has 0 N–H and O–H groups in total. The van der Waals surface area contributed by atoms with E-state index in [9.17, 15) is 4.79 Å². The molecule has 5 heteroatoms. The zero-order chi connectivity index (χ0) is 12.8. The SMILES string of the molecule is [N-]=[N+]=Nc1ccc(C(=O)/C=C/c2ccco2)cc1. The van der Waals surface area contributed by atoms with Gasteiger partial charge in [0.2, 0.25) is 0 Å². The van der Waals surface area contributed by atoms with Crippen molar-refractivity contribution in [2.75, 3.05) is 0 Å². The molecule has 0 aliphatic rings. The lowest BCUT2D eigenvalue weighted by atomic mass is 10.1. The van der Waals surface area contributed by atoms with Crippen LogP contribution >= 0.6 is 0 Å². The zero-order valence-corrected chi connectivity index (χ0v) is 9.35. The van der Waals surface area contributed by atoms with Gasteiger partial charge in [0.15, 0.2) is 5.78 Å². The predicted octanol–water partition coefficient (Wildman–Crippen LogP) is 4.12. The van der Waals surface area contributed by atoms with Crippen LogP contribution in [0.3, 0.4) is 0 Å². The Kier molecular flexibility index (Phi) is 3.59. The summed E-state index contributed by atoms with van der Waals surface area (Å²) in [4.78, 5) is 14.4. The Labute approximate surface area is 103 Å². The number of azide groups is 1. The van der Waals surface area contributed by atoms with Gasteiger partial charge in [-0.15, -0.1) is 0 Å². The monoisotopic (exact) mass is 239 g/mol. The number of nitrogens with zero attached hydrogens (tertiary/aromatic N) is 3. The Bertz CT molecular complexity index is 606. The molecule has 0 atom stereocenters. The van der Waals surface area contributed by atoms with Crippen molar-refractivity contribution in [1.82, 2.24) is 0 Å². The van der Waals surface area contributed by atoms with E-state index in [1.54, 1.807) is 48.7 Å². The van der Waals surface area contributed by atoms with Crippen molar-refractivity contribution in [1.29, 1.82) is 0 Å². The number of allylic oxidation sites excluding steroid dienone is 1. The predicted molar refractivity (Wildman–Crippen MR) is 67.3 cm³/mol. The molecule has 1 aromatic carbocycles. The molecule has 5 nitrogen and oxygen atoms in total. The van der Waals surface area contributed by atoms with Gasteiger partial charge in [-0.05, 0) is 29.8 Å². The lowest BCUT2D eigenvalue weighted by Gasteiger charge is -1.95. The maximum absolute atomic E-state index is 11.8. The van der Waals surface area contributed by atoms with E-state index in [1.807, 2.05) is 0 Å². The van der Waals surface area contributed by atoms with Crippen molar-refractivity contribution < 1.29 is 9.21 Å². The van der Waals surface area contributed by atoms with Gasteiger partial charge < -0.3 is 4.42 Å². The second-order valence-corrected chi connectivity index (χ2v) is 3.45. The highest BCUT2D eigenvalue weighted by Gasteiger charge is 2.01. The molecule has 0 bridgehead atoms. The van der Waals surface area contributed by atoms with Gasteiger partial charge in [0.1, 0.15) is 5.76 Å². The summed E-state index contributed by atoms with van der Waals surface area (Å²) >= 11 is 0. The van der Waals surface area contributed by atoms with Crippen LogP contribution in [-0.2, 0) is 0 Å². The topological polar surface area (TPSA) is 79.0 Å². The number of hydrogen-bond donors (Lipinski definition) is 0. The summed E-state index contributed by atoms with van der Waals surface area (Å²) in [7, 11) is 0. The van der Waals surface area contributed by atoms with E-state index in [-0.39, 0.29) is 5.78 Å². The normalized spacial score (nSPS) is 10.2. The van der Waals surface area contributed by atoms with Crippen LogP contribution in [0.4, 0.5) is 5.69 Å². The molecule has 1 heterocycles. The van der Waals surface area contributed by atoms with Crippen molar-refractivity contribution in [3.05, 3.63) is 70.5 Å². The Balaban J connectivity index is 2.11. The molecule has 88 valence electrons. The van der Waals surface area contributed by atoms with Crippen LogP contribution in [0.25, 0.3) is 16.5 Å². The van der Waals surface area contributed by atoms with Gasteiger partial charge in [0.05, 0.1) is 6.26 Å². The summed E-state index contributed by atoms with van der Waals surface area (Å²) < 4.78 is 5.08. The molecule has 18 heavy (non-hydrogen) atoms. The number of furan rings is 1. The first kappa shape index (κ1) is 11.7. The van der Waals surface area contributed by atoms with Crippen molar-refractivity contribution >= 4 is 17.5 Å². The van der Waals surface area contributed by atoms with Crippen LogP contribution in [0.2, 0.25) is 0 Å². The van der Waals surface area contributed by atoms with Gasteiger partial charge in [-0.3, -0.25) is 4.79 Å². The van der Waals surface area contributed by atoms with Crippen molar-refractivity contribution in [2.45, 2.75) is 0 Å². The minimum absolute atomic E-state index is 0.140. The highest BCUT2D eigenvalue weighted by atomic mass is 16.3. The molecule has 0 saturated carbocycles. The average molecular weight is 239 g/mol. The standard InChI is InChI=1S/C13H9N3O2/c14-16-15-11-5-3-10(4-6-11)13(17)8-7-12-2-1-9-18-12/h1-9H/b8-7+. The molecule has 1 aromatic heterocycles. The molecule has 0 amide bonds. The molecule has 0 radical (unpaired) electrons. The Hall–Kier alpha value is -2.78. The molecular formula is C13H9N3O2. The molecular weight excluding hydrogens is 230 g/mol. The van der Waals surface area contributed by atoms with Crippen LogP contribution < -0.4 is 0 Å². The van der Waals surface area contributed by atoms with Gasteiger partial charge in [-0.2, -0.15) is 0 Å². The van der Waals surface area contributed by atoms with Crippen LogP contribution in [-0.4, -0.2) is 5.78 Å². The molecule has 0 aliphatic carbocycles. The number of rotatable bonds is 4. The quantitative estimate of drug-likeness (QED) is 0.264. The van der Waals surface area contributed by atoms with Crippen molar-refractivity contribution in [2.24, 2.45) is 5.11 Å². The highest BCUT2D eigenvalue weighted by Crippen LogP contribution is 2.14. The van der Waals surface area contributed by atoms with Crippen molar-refractivity contribution in [3.63, 3.8) is 0 Å². The fourth-order valence-corrected chi connectivity index (χ4v) is 1.38. The smallest absolute Gasteiger partial charge is 0.185 e. The number of benzene rings is 1.